The summed E-state index contributed by atoms with van der Waals surface area (Å²) in [6.07, 6.45) is 3.56. The van der Waals surface area contributed by atoms with Crippen LogP contribution >= 0.6 is 0 Å². The van der Waals surface area contributed by atoms with Gasteiger partial charge in [-0.3, -0.25) is 0 Å². The molecule has 15 heavy (non-hydrogen) atoms. The van der Waals surface area contributed by atoms with Crippen LogP contribution in [0.5, 0.6) is 5.75 Å². The van der Waals surface area contributed by atoms with Crippen molar-refractivity contribution in [3.05, 3.63) is 60.9 Å². The third-order valence-electron chi connectivity index (χ3n) is 1.97. The molecule has 0 unspecified atom stereocenters. The first kappa shape index (κ1) is 11.1. The predicted octanol–water partition coefficient (Wildman–Crippen LogP) is 3.12. The first-order valence-electron chi connectivity index (χ1n) is 4.53. The molecule has 0 aliphatic carbocycles. The average Bonchev–Trinajstić information content (AvgIpc) is 2.26. The molecular formula is C13H14O2. The minimum absolute atomic E-state index is 0.247. The van der Waals surface area contributed by atoms with E-state index in [-0.39, 0.29) is 5.75 Å². The number of benzene rings is 1. The van der Waals surface area contributed by atoms with Gasteiger partial charge in [0.05, 0.1) is 7.11 Å². The number of hydrogen-bond donors (Lipinski definition) is 1. The second kappa shape index (κ2) is 5.05. The lowest BCUT2D eigenvalue weighted by Gasteiger charge is -2.01. The summed E-state index contributed by atoms with van der Waals surface area (Å²) >= 11 is 0. The van der Waals surface area contributed by atoms with E-state index in [4.69, 9.17) is 9.84 Å². The number of methoxy groups -OCH3 is 1. The summed E-state index contributed by atoms with van der Waals surface area (Å²) in [5.41, 5.74) is 1.79. The molecule has 0 aliphatic rings. The Morgan fingerprint density at radius 2 is 1.80 bits per heavy atom. The van der Waals surface area contributed by atoms with Crippen molar-refractivity contribution in [2.45, 2.75) is 0 Å². The first-order chi connectivity index (χ1) is 7.13. The Kier molecular flexibility index (Phi) is 3.75. The fourth-order valence-electron chi connectivity index (χ4n) is 1.03. The molecule has 0 aliphatic heterocycles. The van der Waals surface area contributed by atoms with Crippen molar-refractivity contribution < 1.29 is 9.84 Å². The summed E-state index contributed by atoms with van der Waals surface area (Å²) in [6.45, 7) is 7.56. The first-order valence-corrected chi connectivity index (χ1v) is 4.53. The molecule has 0 heterocycles. The van der Waals surface area contributed by atoms with Gasteiger partial charge in [-0.2, -0.15) is 0 Å². The number of ether oxygens (including phenoxy) is 1. The summed E-state index contributed by atoms with van der Waals surface area (Å²) in [5, 5.41) is 9.11. The Labute approximate surface area is 89.8 Å². The normalized spacial score (nSPS) is 10.2. The van der Waals surface area contributed by atoms with E-state index in [9.17, 15) is 0 Å². The lowest BCUT2D eigenvalue weighted by molar-refractivity contribution is 0.309. The van der Waals surface area contributed by atoms with Crippen molar-refractivity contribution >= 4 is 5.57 Å². The summed E-state index contributed by atoms with van der Waals surface area (Å²) in [4.78, 5) is 0. The minimum Gasteiger partial charge on any atom is -0.508 e. The lowest BCUT2D eigenvalue weighted by Crippen LogP contribution is -1.80. The van der Waals surface area contributed by atoms with Gasteiger partial charge in [0.1, 0.15) is 11.5 Å². The summed E-state index contributed by atoms with van der Waals surface area (Å²) < 4.78 is 4.89. The molecule has 1 aromatic carbocycles. The minimum atomic E-state index is 0.247. The molecule has 2 heteroatoms. The smallest absolute Gasteiger partial charge is 0.115 e. The fourth-order valence-corrected chi connectivity index (χ4v) is 1.03. The topological polar surface area (TPSA) is 29.5 Å². The maximum atomic E-state index is 9.11. The van der Waals surface area contributed by atoms with Crippen LogP contribution in [0.15, 0.2) is 55.3 Å². The van der Waals surface area contributed by atoms with Gasteiger partial charge in [-0.1, -0.05) is 31.4 Å². The lowest BCUT2D eigenvalue weighted by atomic mass is 10.1. The van der Waals surface area contributed by atoms with Gasteiger partial charge in [0.15, 0.2) is 0 Å². The molecule has 1 aromatic rings. The molecule has 0 saturated heterocycles. The Bertz CT molecular complexity index is 386. The molecule has 78 valence electrons. The van der Waals surface area contributed by atoms with E-state index in [0.29, 0.717) is 5.76 Å². The zero-order chi connectivity index (χ0) is 11.3. The van der Waals surface area contributed by atoms with E-state index in [1.54, 1.807) is 37.5 Å². The Morgan fingerprint density at radius 3 is 2.33 bits per heavy atom. The van der Waals surface area contributed by atoms with Gasteiger partial charge in [0.25, 0.3) is 0 Å². The average molecular weight is 202 g/mol. The van der Waals surface area contributed by atoms with Crippen LogP contribution in [0, 0.1) is 0 Å². The van der Waals surface area contributed by atoms with E-state index in [1.807, 2.05) is 6.08 Å². The van der Waals surface area contributed by atoms with Crippen LogP contribution in [-0.2, 0) is 4.74 Å². The van der Waals surface area contributed by atoms with E-state index in [1.165, 1.54) is 0 Å². The maximum Gasteiger partial charge on any atom is 0.115 e. The number of aromatic hydroxyl groups is 1. The van der Waals surface area contributed by atoms with E-state index in [0.717, 1.165) is 11.1 Å². The van der Waals surface area contributed by atoms with Crippen molar-refractivity contribution in [3.8, 4) is 5.75 Å². The molecule has 0 amide bonds. The van der Waals surface area contributed by atoms with Crippen LogP contribution in [0.4, 0.5) is 0 Å². The standard InChI is InChI=1S/C13H14O2/c1-10(4-5-11(2)15-3)12-6-8-13(14)9-7-12/h4-9,14H,1-2H2,3H3/b5-4-. The van der Waals surface area contributed by atoms with Crippen molar-refractivity contribution in [2.24, 2.45) is 0 Å². The van der Waals surface area contributed by atoms with Crippen molar-refractivity contribution in [1.29, 1.82) is 0 Å². The third kappa shape index (κ3) is 3.35. The molecule has 0 atom stereocenters. The second-order valence-corrected chi connectivity index (χ2v) is 3.08. The molecule has 1 rings (SSSR count). The molecule has 0 fully saturated rings. The highest BCUT2D eigenvalue weighted by atomic mass is 16.5. The van der Waals surface area contributed by atoms with Crippen LogP contribution in [-0.4, -0.2) is 12.2 Å². The maximum absolute atomic E-state index is 9.11. The monoisotopic (exact) mass is 202 g/mol. The van der Waals surface area contributed by atoms with Crippen LogP contribution in [0.3, 0.4) is 0 Å². The third-order valence-corrected chi connectivity index (χ3v) is 1.97. The Morgan fingerprint density at radius 1 is 1.20 bits per heavy atom. The molecule has 0 bridgehead atoms. The molecule has 1 N–H and O–H groups in total. The van der Waals surface area contributed by atoms with E-state index in [2.05, 4.69) is 13.2 Å². The van der Waals surface area contributed by atoms with Gasteiger partial charge in [-0.15, -0.1) is 0 Å². The van der Waals surface area contributed by atoms with Gasteiger partial charge in [0.2, 0.25) is 0 Å². The van der Waals surface area contributed by atoms with Crippen molar-refractivity contribution in [3.63, 3.8) is 0 Å². The van der Waals surface area contributed by atoms with Crippen molar-refractivity contribution in [1.82, 2.24) is 0 Å². The molecule has 0 radical (unpaired) electrons. The van der Waals surface area contributed by atoms with Crippen LogP contribution in [0.1, 0.15) is 5.56 Å². The molecule has 0 aromatic heterocycles. The summed E-state index contributed by atoms with van der Waals surface area (Å²) in [5.74, 6) is 0.826. The van der Waals surface area contributed by atoms with E-state index < -0.39 is 0 Å². The van der Waals surface area contributed by atoms with Crippen LogP contribution in [0.25, 0.3) is 5.57 Å². The largest absolute Gasteiger partial charge is 0.508 e. The molecule has 2 nitrogen and oxygen atoms in total. The van der Waals surface area contributed by atoms with Gasteiger partial charge in [-0.25, -0.2) is 0 Å². The number of phenols is 1. The quantitative estimate of drug-likeness (QED) is 0.600. The SMILES string of the molecule is C=C(/C=C\C(=C)c1ccc(O)cc1)OC. The number of rotatable bonds is 4. The van der Waals surface area contributed by atoms with Gasteiger partial charge in [-0.05, 0) is 29.3 Å². The van der Waals surface area contributed by atoms with Crippen LogP contribution in [0.2, 0.25) is 0 Å². The second-order valence-electron chi connectivity index (χ2n) is 3.08. The van der Waals surface area contributed by atoms with Gasteiger partial charge in [0, 0.05) is 0 Å². The number of allylic oxidation sites excluding steroid dienone is 3. The zero-order valence-electron chi connectivity index (χ0n) is 8.73. The highest BCUT2D eigenvalue weighted by Crippen LogP contribution is 2.17. The highest BCUT2D eigenvalue weighted by molar-refractivity contribution is 5.72. The highest BCUT2D eigenvalue weighted by Gasteiger charge is 1.95. The van der Waals surface area contributed by atoms with Crippen molar-refractivity contribution in [2.75, 3.05) is 7.11 Å². The van der Waals surface area contributed by atoms with E-state index >= 15 is 0 Å². The fraction of sp³-hybridized carbons (Fsp3) is 0.0769. The number of phenolic OH excluding ortho intramolecular Hbond substituents is 1. The summed E-state index contributed by atoms with van der Waals surface area (Å²) in [6, 6.07) is 6.86. The van der Waals surface area contributed by atoms with Crippen LogP contribution < -0.4 is 0 Å². The van der Waals surface area contributed by atoms with Gasteiger partial charge >= 0.3 is 0 Å². The summed E-state index contributed by atoms with van der Waals surface area (Å²) in [7, 11) is 1.57. The predicted molar refractivity (Wildman–Crippen MR) is 62.4 cm³/mol. The van der Waals surface area contributed by atoms with Gasteiger partial charge < -0.3 is 9.84 Å². The Hall–Kier alpha value is -1.96. The zero-order valence-corrected chi connectivity index (χ0v) is 8.73. The Balaban J connectivity index is 2.73. The number of hydrogen-bond acceptors (Lipinski definition) is 2. The molecule has 0 saturated carbocycles. The molecular weight excluding hydrogens is 188 g/mol. The molecule has 0 spiro atoms.